The molecule has 0 spiro atoms. The van der Waals surface area contributed by atoms with Gasteiger partial charge in [0.1, 0.15) is 0 Å². The highest BCUT2D eigenvalue weighted by Gasteiger charge is 2.33. The van der Waals surface area contributed by atoms with Crippen LogP contribution in [0.4, 0.5) is 0 Å². The fourth-order valence-corrected chi connectivity index (χ4v) is 1.98. The number of hydrogen-bond donors (Lipinski definition) is 1. The fourth-order valence-electron chi connectivity index (χ4n) is 1.86. The number of nitrogens with two attached hydrogens (primary N) is 1. The van der Waals surface area contributed by atoms with Crippen LogP contribution >= 0.6 is 11.6 Å². The first-order valence-corrected chi connectivity index (χ1v) is 5.09. The molecule has 0 heterocycles. The van der Waals surface area contributed by atoms with E-state index in [0.717, 1.165) is 17.9 Å². The van der Waals surface area contributed by atoms with Gasteiger partial charge in [0.15, 0.2) is 0 Å². The van der Waals surface area contributed by atoms with Gasteiger partial charge in [0.25, 0.3) is 0 Å². The lowest BCUT2D eigenvalue weighted by atomic mass is 9.71. The summed E-state index contributed by atoms with van der Waals surface area (Å²) in [4.78, 5) is 10.8. The molecule has 1 saturated carbocycles. The van der Waals surface area contributed by atoms with Gasteiger partial charge in [0.2, 0.25) is 5.91 Å². The van der Waals surface area contributed by atoms with E-state index in [1.54, 1.807) is 0 Å². The number of primary amides is 1. The lowest BCUT2D eigenvalue weighted by Crippen LogP contribution is -2.33. The van der Waals surface area contributed by atoms with Gasteiger partial charge in [0.05, 0.1) is 0 Å². The molecule has 1 aliphatic carbocycles. The first kappa shape index (κ1) is 9.53. The molecule has 0 saturated heterocycles. The lowest BCUT2D eigenvalue weighted by Gasteiger charge is -2.33. The van der Waals surface area contributed by atoms with E-state index in [9.17, 15) is 4.79 Å². The minimum atomic E-state index is -0.171. The van der Waals surface area contributed by atoms with Crippen LogP contribution in [0, 0.1) is 5.92 Å². The van der Waals surface area contributed by atoms with Crippen LogP contribution in [-0.4, -0.2) is 5.91 Å². The third-order valence-electron chi connectivity index (χ3n) is 2.88. The molecule has 74 valence electrons. The normalized spacial score (nSPS) is 25.5. The second-order valence-corrected chi connectivity index (χ2v) is 4.26. The Morgan fingerprint density at radius 3 is 2.36 bits per heavy atom. The number of hydrogen-bond acceptors (Lipinski definition) is 1. The van der Waals surface area contributed by atoms with Crippen LogP contribution in [0.1, 0.15) is 24.3 Å². The Hall–Kier alpha value is -1.02. The minimum absolute atomic E-state index is 0.0793. The van der Waals surface area contributed by atoms with Gasteiger partial charge in [-0.2, -0.15) is 0 Å². The average Bonchev–Trinajstić information content (AvgIpc) is 2.05. The largest absolute Gasteiger partial charge is 0.369 e. The smallest absolute Gasteiger partial charge is 0.220 e. The number of rotatable bonds is 2. The molecule has 2 rings (SSSR count). The highest BCUT2D eigenvalue weighted by atomic mass is 35.5. The Kier molecular flexibility index (Phi) is 2.46. The van der Waals surface area contributed by atoms with E-state index in [0.29, 0.717) is 5.92 Å². The summed E-state index contributed by atoms with van der Waals surface area (Å²) in [6, 6.07) is 7.80. The van der Waals surface area contributed by atoms with Crippen molar-refractivity contribution in [3.63, 3.8) is 0 Å². The minimum Gasteiger partial charge on any atom is -0.369 e. The van der Waals surface area contributed by atoms with Gasteiger partial charge >= 0.3 is 0 Å². The molecule has 14 heavy (non-hydrogen) atoms. The van der Waals surface area contributed by atoms with Gasteiger partial charge in [-0.3, -0.25) is 4.79 Å². The van der Waals surface area contributed by atoms with Crippen LogP contribution in [0.5, 0.6) is 0 Å². The Morgan fingerprint density at radius 2 is 1.86 bits per heavy atom. The van der Waals surface area contributed by atoms with Crippen molar-refractivity contribution in [2.75, 3.05) is 0 Å². The fraction of sp³-hybridized carbons (Fsp3) is 0.364. The van der Waals surface area contributed by atoms with Gasteiger partial charge in [-0.05, 0) is 36.5 Å². The van der Waals surface area contributed by atoms with Gasteiger partial charge in [-0.1, -0.05) is 23.7 Å². The van der Waals surface area contributed by atoms with Crippen LogP contribution in [0.2, 0.25) is 5.02 Å². The van der Waals surface area contributed by atoms with Gasteiger partial charge < -0.3 is 5.73 Å². The van der Waals surface area contributed by atoms with Crippen molar-refractivity contribution in [2.45, 2.75) is 18.8 Å². The van der Waals surface area contributed by atoms with E-state index >= 15 is 0 Å². The van der Waals surface area contributed by atoms with E-state index < -0.39 is 0 Å². The maximum atomic E-state index is 10.8. The summed E-state index contributed by atoms with van der Waals surface area (Å²) in [7, 11) is 0. The molecule has 0 atom stereocenters. The summed E-state index contributed by atoms with van der Waals surface area (Å²) in [6.07, 6.45) is 1.77. The van der Waals surface area contributed by atoms with E-state index in [1.807, 2.05) is 24.3 Å². The molecule has 0 unspecified atom stereocenters. The van der Waals surface area contributed by atoms with Crippen LogP contribution < -0.4 is 5.73 Å². The van der Waals surface area contributed by atoms with Gasteiger partial charge in [-0.25, -0.2) is 0 Å². The number of benzene rings is 1. The maximum Gasteiger partial charge on any atom is 0.220 e. The van der Waals surface area contributed by atoms with E-state index in [1.165, 1.54) is 5.56 Å². The molecule has 0 radical (unpaired) electrons. The third kappa shape index (κ3) is 1.75. The van der Waals surface area contributed by atoms with Crippen molar-refractivity contribution in [3.05, 3.63) is 34.9 Å². The molecule has 0 aromatic heterocycles. The Morgan fingerprint density at radius 1 is 1.29 bits per heavy atom. The highest BCUT2D eigenvalue weighted by Crippen LogP contribution is 2.41. The molecule has 1 amide bonds. The zero-order valence-corrected chi connectivity index (χ0v) is 8.50. The molecule has 0 bridgehead atoms. The van der Waals surface area contributed by atoms with Crippen molar-refractivity contribution in [1.82, 2.24) is 0 Å². The van der Waals surface area contributed by atoms with E-state index in [-0.39, 0.29) is 11.8 Å². The highest BCUT2D eigenvalue weighted by molar-refractivity contribution is 6.30. The van der Waals surface area contributed by atoms with Crippen molar-refractivity contribution >= 4 is 17.5 Å². The molecule has 2 N–H and O–H groups in total. The Bertz CT molecular complexity index is 341. The summed E-state index contributed by atoms with van der Waals surface area (Å²) >= 11 is 5.78. The molecule has 0 aliphatic heterocycles. The second kappa shape index (κ2) is 3.62. The summed E-state index contributed by atoms with van der Waals surface area (Å²) in [5, 5.41) is 0.750. The zero-order valence-electron chi connectivity index (χ0n) is 7.74. The SMILES string of the molecule is NC(=O)[C@H]1C[C@@H](c2ccc(Cl)cc2)C1. The number of carbonyl (C=O) groups is 1. The summed E-state index contributed by atoms with van der Waals surface area (Å²) in [5.74, 6) is 0.399. The number of amides is 1. The quantitative estimate of drug-likeness (QED) is 0.798. The Balaban J connectivity index is 2.00. The van der Waals surface area contributed by atoms with Crippen molar-refractivity contribution in [2.24, 2.45) is 11.7 Å². The molecule has 1 fully saturated rings. The zero-order chi connectivity index (χ0) is 10.1. The topological polar surface area (TPSA) is 43.1 Å². The standard InChI is InChI=1S/C11H12ClNO/c12-10-3-1-7(2-4-10)8-5-9(6-8)11(13)14/h1-4,8-9H,5-6H2,(H2,13,14)/t8-,9+. The van der Waals surface area contributed by atoms with E-state index in [4.69, 9.17) is 17.3 Å². The number of carbonyl (C=O) groups excluding carboxylic acids is 1. The lowest BCUT2D eigenvalue weighted by molar-refractivity contribution is -0.124. The van der Waals surface area contributed by atoms with Crippen molar-refractivity contribution in [1.29, 1.82) is 0 Å². The summed E-state index contributed by atoms with van der Waals surface area (Å²) < 4.78 is 0. The molecular weight excluding hydrogens is 198 g/mol. The maximum absolute atomic E-state index is 10.8. The van der Waals surface area contributed by atoms with Gasteiger partial charge in [0, 0.05) is 10.9 Å². The van der Waals surface area contributed by atoms with Crippen molar-refractivity contribution in [3.8, 4) is 0 Å². The van der Waals surface area contributed by atoms with Crippen molar-refractivity contribution < 1.29 is 4.79 Å². The van der Waals surface area contributed by atoms with Crippen LogP contribution in [-0.2, 0) is 4.79 Å². The van der Waals surface area contributed by atoms with Gasteiger partial charge in [-0.15, -0.1) is 0 Å². The molecule has 2 nitrogen and oxygen atoms in total. The second-order valence-electron chi connectivity index (χ2n) is 3.82. The van der Waals surface area contributed by atoms with E-state index in [2.05, 4.69) is 0 Å². The predicted molar refractivity (Wildman–Crippen MR) is 56.1 cm³/mol. The van der Waals surface area contributed by atoms with Crippen LogP contribution in [0.25, 0.3) is 0 Å². The molecule has 1 aromatic carbocycles. The first-order chi connectivity index (χ1) is 6.66. The summed E-state index contributed by atoms with van der Waals surface area (Å²) in [5.41, 5.74) is 6.46. The van der Waals surface area contributed by atoms with Crippen LogP contribution in [0.3, 0.4) is 0 Å². The molecule has 3 heteroatoms. The van der Waals surface area contributed by atoms with Crippen LogP contribution in [0.15, 0.2) is 24.3 Å². The average molecular weight is 210 g/mol. The molecule has 1 aromatic rings. The first-order valence-electron chi connectivity index (χ1n) is 4.71. The predicted octanol–water partition coefficient (Wildman–Crippen LogP) is 2.32. The third-order valence-corrected chi connectivity index (χ3v) is 3.13. The molecular formula is C11H12ClNO. The Labute approximate surface area is 88.1 Å². The summed E-state index contributed by atoms with van der Waals surface area (Å²) in [6.45, 7) is 0. The number of halogens is 1. The molecule has 1 aliphatic rings. The monoisotopic (exact) mass is 209 g/mol.